The van der Waals surface area contributed by atoms with Crippen molar-refractivity contribution in [2.75, 3.05) is 7.05 Å². The fourth-order valence-corrected chi connectivity index (χ4v) is 4.87. The molecule has 0 unspecified atom stereocenters. The smallest absolute Gasteiger partial charge is 0.254 e. The van der Waals surface area contributed by atoms with Crippen LogP contribution in [0.4, 0.5) is 8.78 Å². The molecule has 5 rings (SSSR count). The Kier molecular flexibility index (Phi) is 4.64. The van der Waals surface area contributed by atoms with Crippen molar-refractivity contribution in [2.24, 2.45) is 5.41 Å². The highest BCUT2D eigenvalue weighted by Crippen LogP contribution is 2.39. The van der Waals surface area contributed by atoms with Crippen LogP contribution in [0, 0.1) is 17.2 Å². The van der Waals surface area contributed by atoms with Gasteiger partial charge in [0, 0.05) is 48.6 Å². The fourth-order valence-electron chi connectivity index (χ4n) is 4.87. The molecule has 1 aliphatic heterocycles. The molecule has 0 spiro atoms. The van der Waals surface area contributed by atoms with E-state index in [0.717, 1.165) is 31.0 Å². The highest BCUT2D eigenvalue weighted by atomic mass is 19.2. The van der Waals surface area contributed by atoms with Crippen LogP contribution in [-0.2, 0) is 13.1 Å². The van der Waals surface area contributed by atoms with Crippen molar-refractivity contribution >= 4 is 5.91 Å². The number of hydrogen-bond donors (Lipinski definition) is 0. The maximum atomic E-state index is 14.2. The molecule has 2 aromatic heterocycles. The van der Waals surface area contributed by atoms with Crippen LogP contribution in [0.3, 0.4) is 0 Å². The summed E-state index contributed by atoms with van der Waals surface area (Å²) in [5.41, 5.74) is 3.71. The van der Waals surface area contributed by atoms with Gasteiger partial charge < -0.3 is 4.90 Å². The standard InChI is InChI=1S/C24H24F2N4O/c1-24(7-3-4-8-24)14-30-13-17(11-27-30)18-10-20(25)22(26)28-21(18)15-5-6-16-12-29(2)23(31)19(16)9-15/h5-6,9-11,13H,3-4,7-8,12,14H2,1-2H3. The molecule has 0 atom stereocenters. The molecule has 1 amide bonds. The molecule has 3 heterocycles. The Morgan fingerprint density at radius 3 is 2.65 bits per heavy atom. The van der Waals surface area contributed by atoms with Crippen molar-refractivity contribution in [1.82, 2.24) is 19.7 Å². The number of aromatic nitrogens is 3. The first-order chi connectivity index (χ1) is 14.8. The normalized spacial score (nSPS) is 17.4. The maximum Gasteiger partial charge on any atom is 0.254 e. The lowest BCUT2D eigenvalue weighted by molar-refractivity contribution is 0.0816. The summed E-state index contributed by atoms with van der Waals surface area (Å²) in [6.45, 7) is 3.60. The van der Waals surface area contributed by atoms with Crippen LogP contribution in [-0.4, -0.2) is 32.6 Å². The first kappa shape index (κ1) is 19.8. The number of pyridine rings is 1. The molecular weight excluding hydrogens is 398 g/mol. The van der Waals surface area contributed by atoms with E-state index in [0.29, 0.717) is 34.5 Å². The molecular formula is C24H24F2N4O. The first-order valence-corrected chi connectivity index (χ1v) is 10.6. The van der Waals surface area contributed by atoms with Gasteiger partial charge in [-0.05, 0) is 36.0 Å². The van der Waals surface area contributed by atoms with Gasteiger partial charge in [0.2, 0.25) is 5.95 Å². The molecule has 0 N–H and O–H groups in total. The second-order valence-electron chi connectivity index (χ2n) is 9.13. The van der Waals surface area contributed by atoms with Crippen LogP contribution < -0.4 is 0 Å². The minimum Gasteiger partial charge on any atom is -0.337 e. The monoisotopic (exact) mass is 422 g/mol. The highest BCUT2D eigenvalue weighted by molar-refractivity contribution is 5.99. The van der Waals surface area contributed by atoms with Gasteiger partial charge >= 0.3 is 0 Å². The lowest BCUT2D eigenvalue weighted by atomic mass is 9.89. The number of rotatable bonds is 4. The van der Waals surface area contributed by atoms with Crippen molar-refractivity contribution in [3.63, 3.8) is 0 Å². The van der Waals surface area contributed by atoms with Crippen LogP contribution in [0.15, 0.2) is 36.7 Å². The number of carbonyl (C=O) groups is 1. The number of carbonyl (C=O) groups excluding carboxylic acids is 1. The molecule has 31 heavy (non-hydrogen) atoms. The second kappa shape index (κ2) is 7.25. The Bertz CT molecular complexity index is 1180. The van der Waals surface area contributed by atoms with E-state index in [1.165, 1.54) is 12.8 Å². The van der Waals surface area contributed by atoms with Gasteiger partial charge in [0.05, 0.1) is 11.9 Å². The van der Waals surface area contributed by atoms with Gasteiger partial charge in [0.15, 0.2) is 5.82 Å². The van der Waals surface area contributed by atoms with Crippen molar-refractivity contribution < 1.29 is 13.6 Å². The molecule has 3 aromatic rings. The van der Waals surface area contributed by atoms with E-state index in [9.17, 15) is 13.6 Å². The molecule has 1 aliphatic carbocycles. The van der Waals surface area contributed by atoms with Gasteiger partial charge in [-0.1, -0.05) is 31.9 Å². The average molecular weight is 422 g/mol. The van der Waals surface area contributed by atoms with Crippen molar-refractivity contribution in [1.29, 1.82) is 0 Å². The molecule has 0 bridgehead atoms. The molecule has 0 saturated heterocycles. The number of hydrogen-bond acceptors (Lipinski definition) is 3. The molecule has 1 fully saturated rings. The number of amides is 1. The Morgan fingerprint density at radius 1 is 1.10 bits per heavy atom. The van der Waals surface area contributed by atoms with Gasteiger partial charge in [-0.3, -0.25) is 9.48 Å². The largest absolute Gasteiger partial charge is 0.337 e. The second-order valence-corrected chi connectivity index (χ2v) is 9.13. The molecule has 5 nitrogen and oxygen atoms in total. The summed E-state index contributed by atoms with van der Waals surface area (Å²) >= 11 is 0. The minimum absolute atomic E-state index is 0.0846. The van der Waals surface area contributed by atoms with Gasteiger partial charge in [-0.15, -0.1) is 0 Å². The van der Waals surface area contributed by atoms with E-state index in [1.807, 2.05) is 16.9 Å². The van der Waals surface area contributed by atoms with Gasteiger partial charge in [-0.25, -0.2) is 9.37 Å². The third-order valence-corrected chi connectivity index (χ3v) is 6.60. The number of benzene rings is 1. The van der Waals surface area contributed by atoms with E-state index in [1.54, 1.807) is 30.3 Å². The van der Waals surface area contributed by atoms with E-state index >= 15 is 0 Å². The lowest BCUT2D eigenvalue weighted by Gasteiger charge is -2.22. The van der Waals surface area contributed by atoms with Gasteiger partial charge in [-0.2, -0.15) is 9.49 Å². The lowest BCUT2D eigenvalue weighted by Crippen LogP contribution is -2.19. The molecule has 160 valence electrons. The Morgan fingerprint density at radius 2 is 1.87 bits per heavy atom. The predicted octanol–water partition coefficient (Wildman–Crippen LogP) is 5.06. The quantitative estimate of drug-likeness (QED) is 0.553. The molecule has 1 saturated carbocycles. The minimum atomic E-state index is -1.16. The highest BCUT2D eigenvalue weighted by Gasteiger charge is 2.30. The van der Waals surface area contributed by atoms with Crippen molar-refractivity contribution in [3.8, 4) is 22.4 Å². The third kappa shape index (κ3) is 3.52. The summed E-state index contributed by atoms with van der Waals surface area (Å²) in [4.78, 5) is 18.0. The van der Waals surface area contributed by atoms with Crippen LogP contribution in [0.5, 0.6) is 0 Å². The predicted molar refractivity (Wildman–Crippen MR) is 113 cm³/mol. The summed E-state index contributed by atoms with van der Waals surface area (Å²) in [6.07, 6.45) is 8.33. The van der Waals surface area contributed by atoms with Gasteiger partial charge in [0.1, 0.15) is 0 Å². The van der Waals surface area contributed by atoms with Gasteiger partial charge in [0.25, 0.3) is 5.91 Å². The topological polar surface area (TPSA) is 51.0 Å². The zero-order valence-electron chi connectivity index (χ0n) is 17.7. The summed E-state index contributed by atoms with van der Waals surface area (Å²) in [6, 6.07) is 6.54. The van der Waals surface area contributed by atoms with E-state index in [2.05, 4.69) is 17.0 Å². The zero-order valence-corrected chi connectivity index (χ0v) is 17.7. The maximum absolute atomic E-state index is 14.2. The van der Waals surface area contributed by atoms with E-state index < -0.39 is 11.8 Å². The van der Waals surface area contributed by atoms with E-state index in [4.69, 9.17) is 0 Å². The third-order valence-electron chi connectivity index (χ3n) is 6.60. The van der Waals surface area contributed by atoms with Crippen molar-refractivity contribution in [2.45, 2.75) is 45.7 Å². The first-order valence-electron chi connectivity index (χ1n) is 10.6. The summed E-state index contributed by atoms with van der Waals surface area (Å²) in [5.74, 6) is -2.25. The molecule has 7 heteroatoms. The van der Waals surface area contributed by atoms with Crippen LogP contribution in [0.25, 0.3) is 22.4 Å². The van der Waals surface area contributed by atoms with Crippen LogP contribution in [0.2, 0.25) is 0 Å². The number of fused-ring (bicyclic) bond motifs is 1. The molecule has 1 aromatic carbocycles. The molecule has 2 aliphatic rings. The summed E-state index contributed by atoms with van der Waals surface area (Å²) < 4.78 is 30.2. The summed E-state index contributed by atoms with van der Waals surface area (Å²) in [5, 5.41) is 4.48. The Balaban J connectivity index is 1.55. The van der Waals surface area contributed by atoms with E-state index in [-0.39, 0.29) is 11.3 Å². The summed E-state index contributed by atoms with van der Waals surface area (Å²) in [7, 11) is 1.74. The van der Waals surface area contributed by atoms with Crippen LogP contribution >= 0.6 is 0 Å². The fraction of sp³-hybridized carbons (Fsp3) is 0.375. The number of nitrogens with zero attached hydrogens (tertiary/aromatic N) is 4. The molecule has 0 radical (unpaired) electrons. The van der Waals surface area contributed by atoms with Crippen molar-refractivity contribution in [3.05, 3.63) is 59.6 Å². The zero-order chi connectivity index (χ0) is 21.8. The Hall–Kier alpha value is -3.09. The SMILES string of the molecule is CN1Cc2ccc(-c3nc(F)c(F)cc3-c3cnn(CC4(C)CCCC4)c3)cc2C1=O. The average Bonchev–Trinajstić information content (AvgIpc) is 3.44. The Labute approximate surface area is 179 Å². The van der Waals surface area contributed by atoms with Crippen LogP contribution in [0.1, 0.15) is 48.5 Å². The number of halogens is 2.